The topological polar surface area (TPSA) is 82.2 Å². The third-order valence-electron chi connectivity index (χ3n) is 6.17. The number of carbonyl (C=O) groups excluding carboxylic acids is 1. The normalized spacial score (nSPS) is 18.0. The summed E-state index contributed by atoms with van der Waals surface area (Å²) in [6, 6.07) is 10.3. The average molecular weight is 457 g/mol. The number of aryl methyl sites for hydroxylation is 2. The number of benzene rings is 2. The molecule has 3 aromatic rings. The van der Waals surface area contributed by atoms with Gasteiger partial charge in [-0.2, -0.15) is 5.10 Å². The van der Waals surface area contributed by atoms with E-state index < -0.39 is 5.82 Å². The highest BCUT2D eigenvalue weighted by Crippen LogP contribution is 2.47. The number of ether oxygens (including phenoxy) is 1. The first-order chi connectivity index (χ1) is 15.3. The number of nitrogen functional groups attached to an aromatic ring is 1. The molecular formula is C24H26ClFN4O2. The van der Waals surface area contributed by atoms with Crippen molar-refractivity contribution in [3.05, 3.63) is 69.6 Å². The SMILES string of the molecule is COc1cc(C)ccc1C1CCC(c2nn(C)c(N)c2C(=O)Nc2ccc(F)c(Cl)c2)C1. The van der Waals surface area contributed by atoms with Crippen molar-refractivity contribution in [2.24, 2.45) is 7.05 Å². The van der Waals surface area contributed by atoms with Crippen LogP contribution in [0.1, 0.15) is 58.3 Å². The summed E-state index contributed by atoms with van der Waals surface area (Å²) in [6.07, 6.45) is 2.70. The molecule has 0 bridgehead atoms. The first-order valence-electron chi connectivity index (χ1n) is 10.5. The van der Waals surface area contributed by atoms with Gasteiger partial charge in [0, 0.05) is 18.7 Å². The van der Waals surface area contributed by atoms with Crippen LogP contribution in [0.5, 0.6) is 5.75 Å². The molecule has 1 aromatic heterocycles. The van der Waals surface area contributed by atoms with E-state index in [2.05, 4.69) is 22.5 Å². The molecule has 3 N–H and O–H groups in total. The van der Waals surface area contributed by atoms with Gasteiger partial charge in [0.1, 0.15) is 22.9 Å². The van der Waals surface area contributed by atoms with Gasteiger partial charge in [0.15, 0.2) is 0 Å². The Hall–Kier alpha value is -3.06. The van der Waals surface area contributed by atoms with Gasteiger partial charge in [-0.05, 0) is 67.5 Å². The number of nitrogens with zero attached hydrogens (tertiary/aromatic N) is 2. The number of carbonyl (C=O) groups is 1. The van der Waals surface area contributed by atoms with Gasteiger partial charge < -0.3 is 15.8 Å². The van der Waals surface area contributed by atoms with Gasteiger partial charge in [-0.15, -0.1) is 0 Å². The number of nitrogens with two attached hydrogens (primary N) is 1. The van der Waals surface area contributed by atoms with Crippen LogP contribution in [0.4, 0.5) is 15.9 Å². The van der Waals surface area contributed by atoms with Crippen LogP contribution in [0.25, 0.3) is 0 Å². The Balaban J connectivity index is 1.59. The highest BCUT2D eigenvalue weighted by Gasteiger charge is 2.34. The molecule has 2 aromatic carbocycles. The molecular weight excluding hydrogens is 431 g/mol. The maximum absolute atomic E-state index is 13.5. The Bertz CT molecular complexity index is 1180. The highest BCUT2D eigenvalue weighted by molar-refractivity contribution is 6.31. The lowest BCUT2D eigenvalue weighted by molar-refractivity contribution is 0.102. The predicted molar refractivity (Wildman–Crippen MR) is 124 cm³/mol. The van der Waals surface area contributed by atoms with Gasteiger partial charge in [0.05, 0.1) is 17.8 Å². The van der Waals surface area contributed by atoms with Gasteiger partial charge in [0.2, 0.25) is 0 Å². The molecule has 0 spiro atoms. The zero-order valence-corrected chi connectivity index (χ0v) is 19.0. The van der Waals surface area contributed by atoms with Gasteiger partial charge in [0.25, 0.3) is 5.91 Å². The summed E-state index contributed by atoms with van der Waals surface area (Å²) in [6.45, 7) is 2.04. The van der Waals surface area contributed by atoms with E-state index in [0.717, 1.165) is 30.6 Å². The molecule has 168 valence electrons. The molecule has 1 saturated carbocycles. The Kier molecular flexibility index (Phi) is 6.11. The number of halogens is 2. The van der Waals surface area contributed by atoms with Crippen molar-refractivity contribution in [1.82, 2.24) is 9.78 Å². The molecule has 0 radical (unpaired) electrons. The van der Waals surface area contributed by atoms with E-state index in [0.29, 0.717) is 28.7 Å². The van der Waals surface area contributed by atoms with Crippen LogP contribution in [0.2, 0.25) is 5.02 Å². The van der Waals surface area contributed by atoms with Crippen molar-refractivity contribution in [3.63, 3.8) is 0 Å². The summed E-state index contributed by atoms with van der Waals surface area (Å²) in [4.78, 5) is 13.1. The lowest BCUT2D eigenvalue weighted by Crippen LogP contribution is -2.16. The van der Waals surface area contributed by atoms with E-state index in [1.54, 1.807) is 14.2 Å². The van der Waals surface area contributed by atoms with E-state index in [1.165, 1.54) is 28.4 Å². The molecule has 32 heavy (non-hydrogen) atoms. The third kappa shape index (κ3) is 4.17. The number of aromatic nitrogens is 2. The first-order valence-corrected chi connectivity index (χ1v) is 10.9. The van der Waals surface area contributed by atoms with Gasteiger partial charge in [-0.25, -0.2) is 4.39 Å². The van der Waals surface area contributed by atoms with Crippen LogP contribution >= 0.6 is 11.6 Å². The fourth-order valence-electron chi connectivity index (χ4n) is 4.51. The lowest BCUT2D eigenvalue weighted by atomic mass is 9.92. The molecule has 1 aliphatic rings. The van der Waals surface area contributed by atoms with E-state index in [4.69, 9.17) is 22.1 Å². The Morgan fingerprint density at radius 3 is 2.72 bits per heavy atom. The summed E-state index contributed by atoms with van der Waals surface area (Å²) in [5.41, 5.74) is 9.98. The second-order valence-corrected chi connectivity index (χ2v) is 8.71. The molecule has 1 heterocycles. The molecule has 1 amide bonds. The van der Waals surface area contributed by atoms with Crippen molar-refractivity contribution < 1.29 is 13.9 Å². The van der Waals surface area contributed by atoms with Gasteiger partial charge in [-0.3, -0.25) is 9.48 Å². The molecule has 6 nitrogen and oxygen atoms in total. The molecule has 0 saturated heterocycles. The number of rotatable bonds is 5. The molecule has 2 atom stereocenters. The summed E-state index contributed by atoms with van der Waals surface area (Å²) in [5.74, 6) is 0.654. The monoisotopic (exact) mass is 456 g/mol. The van der Waals surface area contributed by atoms with E-state index in [9.17, 15) is 9.18 Å². The fourth-order valence-corrected chi connectivity index (χ4v) is 4.69. The zero-order chi connectivity index (χ0) is 23.0. The number of nitrogens with one attached hydrogen (secondary N) is 1. The van der Waals surface area contributed by atoms with Crippen LogP contribution in [0.15, 0.2) is 36.4 Å². The largest absolute Gasteiger partial charge is 0.496 e. The van der Waals surface area contributed by atoms with Crippen molar-refractivity contribution in [2.45, 2.75) is 38.0 Å². The van der Waals surface area contributed by atoms with Crippen molar-refractivity contribution in [3.8, 4) is 5.75 Å². The van der Waals surface area contributed by atoms with Crippen LogP contribution < -0.4 is 15.8 Å². The van der Waals surface area contributed by atoms with Crippen molar-refractivity contribution >= 4 is 29.0 Å². The van der Waals surface area contributed by atoms with E-state index >= 15 is 0 Å². The standard InChI is InChI=1S/C24H26ClFN4O2/c1-13-4-8-17(20(10-13)32-3)14-5-6-15(11-14)22-21(23(27)30(2)29-22)24(31)28-16-7-9-19(26)18(25)12-16/h4,7-10,12,14-15H,5-6,11,27H2,1-3H3,(H,28,31). The number of anilines is 2. The lowest BCUT2D eigenvalue weighted by Gasteiger charge is -2.16. The smallest absolute Gasteiger partial charge is 0.261 e. The summed E-state index contributed by atoms with van der Waals surface area (Å²) in [7, 11) is 3.41. The highest BCUT2D eigenvalue weighted by atomic mass is 35.5. The number of hydrogen-bond donors (Lipinski definition) is 2. The summed E-state index contributed by atoms with van der Waals surface area (Å²) in [5, 5.41) is 7.29. The quantitative estimate of drug-likeness (QED) is 0.537. The van der Waals surface area contributed by atoms with Crippen molar-refractivity contribution in [1.29, 1.82) is 0 Å². The second kappa shape index (κ2) is 8.82. The Morgan fingerprint density at radius 2 is 2.00 bits per heavy atom. The molecule has 2 unspecified atom stereocenters. The summed E-state index contributed by atoms with van der Waals surface area (Å²) < 4.78 is 20.6. The Labute approximate surface area is 191 Å². The molecule has 1 fully saturated rings. The molecule has 4 rings (SSSR count). The minimum absolute atomic E-state index is 0.0622. The molecule has 1 aliphatic carbocycles. The predicted octanol–water partition coefficient (Wildman–Crippen LogP) is 5.42. The number of amides is 1. The Morgan fingerprint density at radius 1 is 1.25 bits per heavy atom. The van der Waals surface area contributed by atoms with E-state index in [-0.39, 0.29) is 16.8 Å². The second-order valence-electron chi connectivity index (χ2n) is 8.30. The van der Waals surface area contributed by atoms with Gasteiger partial charge in [-0.1, -0.05) is 23.7 Å². The zero-order valence-electron chi connectivity index (χ0n) is 18.3. The van der Waals surface area contributed by atoms with Crippen LogP contribution in [0.3, 0.4) is 0 Å². The number of methoxy groups -OCH3 is 1. The first kappa shape index (κ1) is 22.1. The van der Waals surface area contributed by atoms with Gasteiger partial charge >= 0.3 is 0 Å². The third-order valence-corrected chi connectivity index (χ3v) is 6.46. The average Bonchev–Trinajstić information content (AvgIpc) is 3.35. The van der Waals surface area contributed by atoms with Crippen LogP contribution in [0, 0.1) is 12.7 Å². The molecule has 0 aliphatic heterocycles. The number of hydrogen-bond acceptors (Lipinski definition) is 4. The maximum atomic E-state index is 13.5. The maximum Gasteiger partial charge on any atom is 0.261 e. The minimum atomic E-state index is -0.547. The summed E-state index contributed by atoms with van der Waals surface area (Å²) >= 11 is 5.84. The molecule has 8 heteroatoms. The fraction of sp³-hybridized carbons (Fsp3) is 0.333. The van der Waals surface area contributed by atoms with Crippen LogP contribution in [-0.4, -0.2) is 22.8 Å². The van der Waals surface area contributed by atoms with E-state index in [1.807, 2.05) is 13.0 Å². The minimum Gasteiger partial charge on any atom is -0.496 e. The van der Waals surface area contributed by atoms with Crippen LogP contribution in [-0.2, 0) is 7.05 Å². The van der Waals surface area contributed by atoms with Crippen molar-refractivity contribution in [2.75, 3.05) is 18.2 Å².